The average Bonchev–Trinajstić information content (AvgIpc) is 2.33. The minimum absolute atomic E-state index is 0.104. The van der Waals surface area contributed by atoms with Crippen molar-refractivity contribution in [1.29, 1.82) is 0 Å². The van der Waals surface area contributed by atoms with Gasteiger partial charge in [-0.15, -0.1) is 0 Å². The van der Waals surface area contributed by atoms with Gasteiger partial charge in [-0.1, -0.05) is 13.3 Å². The number of piperazine rings is 1. The van der Waals surface area contributed by atoms with Crippen molar-refractivity contribution in [3.8, 4) is 0 Å². The largest absolute Gasteiger partial charge is 0.343 e. The molecule has 0 aliphatic carbocycles. The van der Waals surface area contributed by atoms with Crippen molar-refractivity contribution >= 4 is 33.4 Å². The molecule has 1 atom stereocenters. The summed E-state index contributed by atoms with van der Waals surface area (Å²) in [4.78, 5) is 25.0. The fraction of sp³-hybridized carbons (Fsp3) is 0.385. The van der Waals surface area contributed by atoms with Gasteiger partial charge < -0.3 is 5.32 Å². The summed E-state index contributed by atoms with van der Waals surface area (Å²) in [7, 11) is 0. The van der Waals surface area contributed by atoms with Crippen LogP contribution in [0.15, 0.2) is 16.6 Å². The SMILES string of the molecule is CCCC1NC(=O)CN(c2c(F)cc(F)cc2Br)C1=O. The van der Waals surface area contributed by atoms with Crippen molar-refractivity contribution in [1.82, 2.24) is 5.32 Å². The zero-order valence-electron chi connectivity index (χ0n) is 10.8. The van der Waals surface area contributed by atoms with Crippen molar-refractivity contribution in [3.05, 3.63) is 28.2 Å². The van der Waals surface area contributed by atoms with E-state index in [-0.39, 0.29) is 22.6 Å². The Bertz CT molecular complexity index is 542. The Labute approximate surface area is 123 Å². The predicted octanol–water partition coefficient (Wildman–Crippen LogP) is 2.36. The maximum atomic E-state index is 13.9. The topological polar surface area (TPSA) is 49.4 Å². The first-order valence-corrected chi connectivity index (χ1v) is 6.98. The van der Waals surface area contributed by atoms with Crippen LogP contribution in [-0.4, -0.2) is 24.4 Å². The van der Waals surface area contributed by atoms with Gasteiger partial charge in [-0.2, -0.15) is 0 Å². The molecule has 0 aromatic heterocycles. The number of benzene rings is 1. The summed E-state index contributed by atoms with van der Waals surface area (Å²) in [5.74, 6) is -2.39. The fourth-order valence-corrected chi connectivity index (χ4v) is 2.80. The van der Waals surface area contributed by atoms with E-state index in [1.807, 2.05) is 6.92 Å². The predicted molar refractivity (Wildman–Crippen MR) is 73.2 cm³/mol. The third-order valence-electron chi connectivity index (χ3n) is 3.03. The third kappa shape index (κ3) is 2.82. The summed E-state index contributed by atoms with van der Waals surface area (Å²) in [5.41, 5.74) is -0.104. The molecule has 1 aliphatic heterocycles. The van der Waals surface area contributed by atoms with Crippen LogP contribution >= 0.6 is 15.9 Å². The third-order valence-corrected chi connectivity index (χ3v) is 3.63. The molecule has 20 heavy (non-hydrogen) atoms. The van der Waals surface area contributed by atoms with Gasteiger partial charge >= 0.3 is 0 Å². The molecule has 2 amide bonds. The van der Waals surface area contributed by atoms with Crippen LogP contribution in [0.1, 0.15) is 19.8 Å². The van der Waals surface area contributed by atoms with E-state index in [4.69, 9.17) is 0 Å². The molecule has 1 fully saturated rings. The van der Waals surface area contributed by atoms with Crippen molar-refractivity contribution in [2.75, 3.05) is 11.4 Å². The van der Waals surface area contributed by atoms with E-state index >= 15 is 0 Å². The Balaban J connectivity index is 2.40. The van der Waals surface area contributed by atoms with Crippen LogP contribution in [0.25, 0.3) is 0 Å². The second-order valence-corrected chi connectivity index (χ2v) is 5.41. The van der Waals surface area contributed by atoms with E-state index in [9.17, 15) is 18.4 Å². The lowest BCUT2D eigenvalue weighted by atomic mass is 10.1. The van der Waals surface area contributed by atoms with Gasteiger partial charge in [-0.3, -0.25) is 14.5 Å². The second kappa shape index (κ2) is 5.87. The molecular formula is C13H13BrF2N2O2. The van der Waals surface area contributed by atoms with E-state index in [1.165, 1.54) is 0 Å². The number of nitrogens with one attached hydrogen (secondary N) is 1. The number of carbonyl (C=O) groups excluding carboxylic acids is 2. The lowest BCUT2D eigenvalue weighted by Crippen LogP contribution is -2.58. The van der Waals surface area contributed by atoms with Crippen LogP contribution in [0.3, 0.4) is 0 Å². The van der Waals surface area contributed by atoms with Crippen molar-refractivity contribution in [3.63, 3.8) is 0 Å². The molecular weight excluding hydrogens is 334 g/mol. The monoisotopic (exact) mass is 346 g/mol. The molecule has 108 valence electrons. The molecule has 1 N–H and O–H groups in total. The van der Waals surface area contributed by atoms with Gasteiger partial charge in [0.2, 0.25) is 11.8 Å². The van der Waals surface area contributed by atoms with Crippen LogP contribution < -0.4 is 10.2 Å². The van der Waals surface area contributed by atoms with Crippen molar-refractivity contribution in [2.24, 2.45) is 0 Å². The maximum absolute atomic E-state index is 13.9. The van der Waals surface area contributed by atoms with Gasteiger partial charge in [-0.25, -0.2) is 8.78 Å². The van der Waals surface area contributed by atoms with Gasteiger partial charge in [0.25, 0.3) is 0 Å². The first-order valence-electron chi connectivity index (χ1n) is 6.19. The zero-order chi connectivity index (χ0) is 14.9. The highest BCUT2D eigenvalue weighted by Crippen LogP contribution is 2.32. The van der Waals surface area contributed by atoms with Gasteiger partial charge in [-0.05, 0) is 28.4 Å². The summed E-state index contributed by atoms with van der Waals surface area (Å²) in [6.07, 6.45) is 1.18. The first kappa shape index (κ1) is 14.9. The average molecular weight is 347 g/mol. The smallest absolute Gasteiger partial charge is 0.250 e. The Morgan fingerprint density at radius 3 is 2.70 bits per heavy atom. The highest BCUT2D eigenvalue weighted by atomic mass is 79.9. The summed E-state index contributed by atoms with van der Waals surface area (Å²) in [5, 5.41) is 2.58. The normalized spacial score (nSPS) is 19.2. The Hall–Kier alpha value is -1.50. The highest BCUT2D eigenvalue weighted by molar-refractivity contribution is 9.10. The van der Waals surface area contributed by atoms with Gasteiger partial charge in [0.1, 0.15) is 18.4 Å². The van der Waals surface area contributed by atoms with E-state index in [1.54, 1.807) is 0 Å². The Morgan fingerprint density at radius 1 is 1.40 bits per heavy atom. The second-order valence-electron chi connectivity index (χ2n) is 4.55. The molecule has 0 radical (unpaired) electrons. The molecule has 1 saturated heterocycles. The lowest BCUT2D eigenvalue weighted by molar-refractivity contribution is -0.131. The van der Waals surface area contributed by atoms with Crippen LogP contribution in [0.2, 0.25) is 0 Å². The van der Waals surface area contributed by atoms with Gasteiger partial charge in [0, 0.05) is 10.5 Å². The van der Waals surface area contributed by atoms with E-state index in [0.29, 0.717) is 18.9 Å². The fourth-order valence-electron chi connectivity index (χ4n) is 2.18. The summed E-state index contributed by atoms with van der Waals surface area (Å²) in [6, 6.07) is 1.08. The number of nitrogens with zero attached hydrogens (tertiary/aromatic N) is 1. The van der Waals surface area contributed by atoms with Crippen LogP contribution in [0.5, 0.6) is 0 Å². The van der Waals surface area contributed by atoms with Crippen LogP contribution in [-0.2, 0) is 9.59 Å². The molecule has 4 nitrogen and oxygen atoms in total. The molecule has 1 aromatic rings. The minimum atomic E-state index is -0.879. The Morgan fingerprint density at radius 2 is 2.10 bits per heavy atom. The van der Waals surface area contributed by atoms with Crippen molar-refractivity contribution < 1.29 is 18.4 Å². The summed E-state index contributed by atoms with van der Waals surface area (Å²) >= 11 is 3.03. The van der Waals surface area contributed by atoms with Crippen LogP contribution in [0, 0.1) is 11.6 Å². The van der Waals surface area contributed by atoms with Gasteiger partial charge in [0.05, 0.1) is 5.69 Å². The van der Waals surface area contributed by atoms with E-state index < -0.39 is 23.6 Å². The Kier molecular flexibility index (Phi) is 4.37. The number of carbonyl (C=O) groups is 2. The quantitative estimate of drug-likeness (QED) is 0.913. The standard InChI is InChI=1S/C13H13BrF2N2O2/c1-2-3-10-13(20)18(6-11(19)17-10)12-8(14)4-7(15)5-9(12)16/h4-5,10H,2-3,6H2,1H3,(H,17,19). The van der Waals surface area contributed by atoms with Crippen LogP contribution in [0.4, 0.5) is 14.5 Å². The maximum Gasteiger partial charge on any atom is 0.250 e. The lowest BCUT2D eigenvalue weighted by Gasteiger charge is -2.33. The van der Waals surface area contributed by atoms with Gasteiger partial charge in [0.15, 0.2) is 5.82 Å². The zero-order valence-corrected chi connectivity index (χ0v) is 12.3. The molecule has 0 saturated carbocycles. The summed E-state index contributed by atoms with van der Waals surface area (Å²) in [6.45, 7) is 1.60. The summed E-state index contributed by atoms with van der Waals surface area (Å²) < 4.78 is 27.1. The number of hydrogen-bond donors (Lipinski definition) is 1. The minimum Gasteiger partial charge on any atom is -0.343 e. The number of amides is 2. The van der Waals surface area contributed by atoms with Crippen molar-refractivity contribution in [2.45, 2.75) is 25.8 Å². The number of halogens is 3. The molecule has 1 heterocycles. The first-order chi connectivity index (χ1) is 9.43. The van der Waals surface area contributed by atoms with E-state index in [0.717, 1.165) is 11.0 Å². The number of hydrogen-bond acceptors (Lipinski definition) is 2. The molecule has 0 spiro atoms. The molecule has 2 rings (SSSR count). The number of rotatable bonds is 3. The molecule has 1 aromatic carbocycles. The highest BCUT2D eigenvalue weighted by Gasteiger charge is 2.35. The van der Waals surface area contributed by atoms with E-state index in [2.05, 4.69) is 21.2 Å². The molecule has 0 bridgehead atoms. The number of anilines is 1. The molecule has 1 aliphatic rings. The molecule has 7 heteroatoms. The molecule has 1 unspecified atom stereocenters.